The average molecular weight is 308 g/mol. The number of benzene rings is 1. The lowest BCUT2D eigenvalue weighted by molar-refractivity contribution is -0.115. The number of thioether (sulfide) groups is 1. The zero-order valence-electron chi connectivity index (χ0n) is 12.5. The number of hydrogen-bond donors (Lipinski definition) is 1. The van der Waals surface area contributed by atoms with Gasteiger partial charge in [0.05, 0.1) is 25.5 Å². The third-order valence-electron chi connectivity index (χ3n) is 2.82. The maximum absolute atomic E-state index is 12.1. The number of nitrogens with zero attached hydrogens (tertiary/aromatic N) is 1. The van der Waals surface area contributed by atoms with Crippen LogP contribution in [0.3, 0.4) is 0 Å². The fourth-order valence-corrected chi connectivity index (χ4v) is 2.52. The van der Waals surface area contributed by atoms with Gasteiger partial charge in [-0.2, -0.15) is 5.26 Å². The van der Waals surface area contributed by atoms with E-state index >= 15 is 0 Å². The minimum Gasteiger partial charge on any atom is -0.493 e. The van der Waals surface area contributed by atoms with Gasteiger partial charge in [0.2, 0.25) is 5.91 Å². The number of carbonyl (C=O) groups excluding carboxylic acids is 1. The largest absolute Gasteiger partial charge is 0.493 e. The SMILES string of the molecule is COc1ccc(NC(=O)C(C)SCCCC#N)cc1OC. The van der Waals surface area contributed by atoms with E-state index < -0.39 is 0 Å². The van der Waals surface area contributed by atoms with Crippen molar-refractivity contribution in [1.29, 1.82) is 5.26 Å². The summed E-state index contributed by atoms with van der Waals surface area (Å²) < 4.78 is 10.4. The van der Waals surface area contributed by atoms with Crippen molar-refractivity contribution >= 4 is 23.4 Å². The monoisotopic (exact) mass is 308 g/mol. The van der Waals surface area contributed by atoms with E-state index in [1.165, 1.54) is 0 Å². The second-order valence-corrected chi connectivity index (χ2v) is 5.78. The lowest BCUT2D eigenvalue weighted by Crippen LogP contribution is -2.22. The molecule has 114 valence electrons. The lowest BCUT2D eigenvalue weighted by Gasteiger charge is -2.13. The molecule has 1 aromatic rings. The van der Waals surface area contributed by atoms with Gasteiger partial charge in [0.25, 0.3) is 0 Å². The molecule has 1 aromatic carbocycles. The molecule has 1 rings (SSSR count). The quantitative estimate of drug-likeness (QED) is 0.747. The molecule has 21 heavy (non-hydrogen) atoms. The fourth-order valence-electron chi connectivity index (χ4n) is 1.64. The van der Waals surface area contributed by atoms with Gasteiger partial charge in [-0.05, 0) is 31.2 Å². The normalized spacial score (nSPS) is 11.3. The number of nitriles is 1. The highest BCUT2D eigenvalue weighted by Gasteiger charge is 2.14. The molecule has 1 amide bonds. The average Bonchev–Trinajstić information content (AvgIpc) is 2.51. The first kappa shape index (κ1) is 17.2. The summed E-state index contributed by atoms with van der Waals surface area (Å²) >= 11 is 1.54. The number of nitrogens with one attached hydrogen (secondary N) is 1. The minimum atomic E-state index is -0.170. The second-order valence-electron chi connectivity index (χ2n) is 4.33. The van der Waals surface area contributed by atoms with Crippen LogP contribution in [-0.2, 0) is 4.79 Å². The molecule has 0 radical (unpaired) electrons. The molecular weight excluding hydrogens is 288 g/mol. The van der Waals surface area contributed by atoms with Gasteiger partial charge in [0.15, 0.2) is 11.5 Å². The highest BCUT2D eigenvalue weighted by Crippen LogP contribution is 2.30. The van der Waals surface area contributed by atoms with Crippen LogP contribution in [0, 0.1) is 11.3 Å². The number of carbonyl (C=O) groups is 1. The first-order valence-electron chi connectivity index (χ1n) is 6.63. The van der Waals surface area contributed by atoms with Crippen LogP contribution in [-0.4, -0.2) is 31.1 Å². The number of ether oxygens (including phenoxy) is 2. The van der Waals surface area contributed by atoms with Crippen molar-refractivity contribution in [3.63, 3.8) is 0 Å². The number of anilines is 1. The van der Waals surface area contributed by atoms with Gasteiger partial charge in [-0.3, -0.25) is 4.79 Å². The van der Waals surface area contributed by atoms with Crippen LogP contribution in [0.15, 0.2) is 18.2 Å². The molecule has 0 bridgehead atoms. The molecule has 0 aliphatic carbocycles. The van der Waals surface area contributed by atoms with Crippen molar-refractivity contribution in [2.24, 2.45) is 0 Å². The Labute approximate surface area is 129 Å². The first-order chi connectivity index (χ1) is 10.1. The van der Waals surface area contributed by atoms with Crippen molar-refractivity contribution in [2.75, 3.05) is 25.3 Å². The third-order valence-corrected chi connectivity index (χ3v) is 4.06. The molecule has 6 heteroatoms. The van der Waals surface area contributed by atoms with Gasteiger partial charge in [0.1, 0.15) is 0 Å². The molecular formula is C15H20N2O3S. The van der Waals surface area contributed by atoms with Crippen LogP contribution in [0.4, 0.5) is 5.69 Å². The Morgan fingerprint density at radius 1 is 1.38 bits per heavy atom. The van der Waals surface area contributed by atoms with Crippen LogP contribution < -0.4 is 14.8 Å². The number of hydrogen-bond acceptors (Lipinski definition) is 5. The van der Waals surface area contributed by atoms with Gasteiger partial charge in [-0.1, -0.05) is 0 Å². The van der Waals surface area contributed by atoms with Gasteiger partial charge in [0, 0.05) is 18.2 Å². The van der Waals surface area contributed by atoms with Crippen molar-refractivity contribution < 1.29 is 14.3 Å². The van der Waals surface area contributed by atoms with Crippen LogP contribution in [0.5, 0.6) is 11.5 Å². The Hall–Kier alpha value is -1.87. The summed E-state index contributed by atoms with van der Waals surface area (Å²) in [5.41, 5.74) is 0.669. The molecule has 0 spiro atoms. The smallest absolute Gasteiger partial charge is 0.237 e. The van der Waals surface area contributed by atoms with Gasteiger partial charge in [-0.25, -0.2) is 0 Å². The molecule has 0 aliphatic heterocycles. The molecule has 1 N–H and O–H groups in total. The maximum Gasteiger partial charge on any atom is 0.237 e. The number of unbranched alkanes of at least 4 members (excludes halogenated alkanes) is 1. The summed E-state index contributed by atoms with van der Waals surface area (Å²) in [5.74, 6) is 1.93. The standard InChI is InChI=1S/C15H20N2O3S/c1-11(21-9-5-4-8-16)15(18)17-12-6-7-13(19-2)14(10-12)20-3/h6-7,10-11H,4-5,9H2,1-3H3,(H,17,18). The summed E-state index contributed by atoms with van der Waals surface area (Å²) in [6.45, 7) is 1.85. The molecule has 0 saturated carbocycles. The molecule has 0 fully saturated rings. The molecule has 5 nitrogen and oxygen atoms in total. The molecule has 1 unspecified atom stereocenters. The highest BCUT2D eigenvalue weighted by atomic mass is 32.2. The summed E-state index contributed by atoms with van der Waals surface area (Å²) in [6.07, 6.45) is 1.33. The van der Waals surface area contributed by atoms with Crippen LogP contribution in [0.2, 0.25) is 0 Å². The zero-order chi connectivity index (χ0) is 15.7. The summed E-state index contributed by atoms with van der Waals surface area (Å²) in [7, 11) is 3.12. The molecule has 0 aromatic heterocycles. The number of amides is 1. The van der Waals surface area contributed by atoms with Crippen molar-refractivity contribution in [1.82, 2.24) is 0 Å². The zero-order valence-corrected chi connectivity index (χ0v) is 13.3. The van der Waals surface area contributed by atoms with Gasteiger partial charge < -0.3 is 14.8 Å². The van der Waals surface area contributed by atoms with Gasteiger partial charge in [-0.15, -0.1) is 11.8 Å². The van der Waals surface area contributed by atoms with E-state index in [1.54, 1.807) is 44.2 Å². The predicted molar refractivity (Wildman–Crippen MR) is 84.9 cm³/mol. The van der Waals surface area contributed by atoms with Crippen molar-refractivity contribution in [3.8, 4) is 17.6 Å². The Kier molecular flexibility index (Phi) is 7.48. The Morgan fingerprint density at radius 2 is 2.10 bits per heavy atom. The summed E-state index contributed by atoms with van der Waals surface area (Å²) in [4.78, 5) is 12.1. The number of rotatable bonds is 8. The van der Waals surface area contributed by atoms with E-state index in [2.05, 4.69) is 11.4 Å². The Bertz CT molecular complexity index is 514. The van der Waals surface area contributed by atoms with E-state index in [1.807, 2.05) is 6.92 Å². The number of methoxy groups -OCH3 is 2. The van der Waals surface area contributed by atoms with E-state index in [0.29, 0.717) is 23.6 Å². The third kappa shape index (κ3) is 5.56. The topological polar surface area (TPSA) is 71.3 Å². The van der Waals surface area contributed by atoms with E-state index in [9.17, 15) is 4.79 Å². The minimum absolute atomic E-state index is 0.0656. The van der Waals surface area contributed by atoms with Crippen LogP contribution in [0.25, 0.3) is 0 Å². The molecule has 1 atom stereocenters. The predicted octanol–water partition coefficient (Wildman–Crippen LogP) is 3.07. The van der Waals surface area contributed by atoms with E-state index in [0.717, 1.165) is 12.2 Å². The van der Waals surface area contributed by atoms with Crippen LogP contribution in [0.1, 0.15) is 19.8 Å². The molecule has 0 saturated heterocycles. The fraction of sp³-hybridized carbons (Fsp3) is 0.467. The van der Waals surface area contributed by atoms with E-state index in [4.69, 9.17) is 14.7 Å². The Balaban J connectivity index is 2.56. The lowest BCUT2D eigenvalue weighted by atomic mass is 10.2. The van der Waals surface area contributed by atoms with Gasteiger partial charge >= 0.3 is 0 Å². The Morgan fingerprint density at radius 3 is 2.71 bits per heavy atom. The maximum atomic E-state index is 12.1. The highest BCUT2D eigenvalue weighted by molar-refractivity contribution is 8.00. The molecule has 0 aliphatic rings. The second kappa shape index (κ2) is 9.14. The van der Waals surface area contributed by atoms with Crippen molar-refractivity contribution in [3.05, 3.63) is 18.2 Å². The first-order valence-corrected chi connectivity index (χ1v) is 7.68. The van der Waals surface area contributed by atoms with Crippen LogP contribution >= 0.6 is 11.8 Å². The molecule has 0 heterocycles. The van der Waals surface area contributed by atoms with E-state index in [-0.39, 0.29) is 11.2 Å². The summed E-state index contributed by atoms with van der Waals surface area (Å²) in [6, 6.07) is 7.34. The summed E-state index contributed by atoms with van der Waals surface area (Å²) in [5, 5.41) is 11.1. The van der Waals surface area contributed by atoms with Crippen molar-refractivity contribution in [2.45, 2.75) is 25.0 Å².